The van der Waals surface area contributed by atoms with Crippen LogP contribution in [0, 0.1) is 19.7 Å². The van der Waals surface area contributed by atoms with E-state index in [1.54, 1.807) is 28.8 Å². The Kier molecular flexibility index (Phi) is 7.00. The molecule has 0 atom stereocenters. The number of ether oxygens (including phenoxy) is 1. The van der Waals surface area contributed by atoms with Gasteiger partial charge in [0.1, 0.15) is 5.82 Å². The number of benzene rings is 2. The van der Waals surface area contributed by atoms with Crippen LogP contribution in [-0.2, 0) is 9.53 Å². The summed E-state index contributed by atoms with van der Waals surface area (Å²) in [6.07, 6.45) is 0. The van der Waals surface area contributed by atoms with Crippen molar-refractivity contribution in [2.75, 3.05) is 12.4 Å². The van der Waals surface area contributed by atoms with Crippen molar-refractivity contribution in [1.82, 2.24) is 14.8 Å². The number of nitrogens with zero attached hydrogens (tertiary/aromatic N) is 3. The van der Waals surface area contributed by atoms with E-state index in [1.807, 2.05) is 44.2 Å². The maximum Gasteiger partial charge on any atom is 0.316 e. The van der Waals surface area contributed by atoms with Crippen molar-refractivity contribution in [3.63, 3.8) is 0 Å². The van der Waals surface area contributed by atoms with Gasteiger partial charge in [-0.3, -0.25) is 14.2 Å². The Morgan fingerprint density at radius 3 is 2.48 bits per heavy atom. The second-order valence-electron chi connectivity index (χ2n) is 7.16. The molecule has 0 saturated heterocycles. The molecule has 0 amide bonds. The Morgan fingerprint density at radius 1 is 1.06 bits per heavy atom. The summed E-state index contributed by atoms with van der Waals surface area (Å²) in [5, 5.41) is 8.76. The molecule has 2 heterocycles. The first kappa shape index (κ1) is 22.9. The fourth-order valence-electron chi connectivity index (χ4n) is 3.29. The molecule has 0 aliphatic heterocycles. The smallest absolute Gasteiger partial charge is 0.316 e. The van der Waals surface area contributed by atoms with E-state index in [-0.39, 0.29) is 18.1 Å². The second-order valence-corrected chi connectivity index (χ2v) is 9.56. The molecule has 0 N–H and O–H groups in total. The number of esters is 1. The van der Waals surface area contributed by atoms with Gasteiger partial charge in [-0.1, -0.05) is 42.1 Å². The molecule has 4 aromatic rings. The van der Waals surface area contributed by atoms with Crippen molar-refractivity contribution in [2.45, 2.75) is 19.0 Å². The van der Waals surface area contributed by atoms with E-state index in [9.17, 15) is 14.0 Å². The quantitative estimate of drug-likeness (QED) is 0.194. The summed E-state index contributed by atoms with van der Waals surface area (Å²) < 4.78 is 21.3. The zero-order valence-electron chi connectivity index (χ0n) is 17.9. The Balaban J connectivity index is 1.49. The van der Waals surface area contributed by atoms with Gasteiger partial charge in [-0.15, -0.1) is 21.5 Å². The van der Waals surface area contributed by atoms with Gasteiger partial charge in [0.2, 0.25) is 5.78 Å². The summed E-state index contributed by atoms with van der Waals surface area (Å²) in [7, 11) is 0. The van der Waals surface area contributed by atoms with Crippen molar-refractivity contribution in [2.24, 2.45) is 0 Å². The minimum Gasteiger partial charge on any atom is -0.457 e. The third kappa shape index (κ3) is 5.20. The number of halogens is 1. The monoisotopic (exact) mass is 481 g/mol. The van der Waals surface area contributed by atoms with E-state index in [4.69, 9.17) is 4.74 Å². The molecule has 0 radical (unpaired) electrons. The molecule has 0 aliphatic carbocycles. The summed E-state index contributed by atoms with van der Waals surface area (Å²) in [6, 6.07) is 17.4. The van der Waals surface area contributed by atoms with Crippen LogP contribution in [-0.4, -0.2) is 38.9 Å². The highest BCUT2D eigenvalue weighted by Gasteiger charge is 2.20. The topological polar surface area (TPSA) is 74.1 Å². The van der Waals surface area contributed by atoms with Crippen LogP contribution in [0.4, 0.5) is 4.39 Å². The lowest BCUT2D eigenvalue weighted by Crippen LogP contribution is -2.16. The predicted molar refractivity (Wildman–Crippen MR) is 127 cm³/mol. The summed E-state index contributed by atoms with van der Waals surface area (Å²) in [5.74, 6) is -0.946. The SMILES string of the molecule is Cc1cc(C(=O)COC(=O)CSc2nnc(-c3ccccc3F)n2-c2ccccc2)c(C)s1. The van der Waals surface area contributed by atoms with Crippen LogP contribution in [0.15, 0.2) is 65.8 Å². The molecule has 6 nitrogen and oxygen atoms in total. The number of Topliss-reactive ketones (excluding diaryl/α,β-unsaturated/α-hetero) is 1. The third-order valence-electron chi connectivity index (χ3n) is 4.79. The van der Waals surface area contributed by atoms with Crippen LogP contribution in [0.25, 0.3) is 17.1 Å². The molecule has 0 unspecified atom stereocenters. The van der Waals surface area contributed by atoms with Crippen molar-refractivity contribution in [3.05, 3.63) is 81.8 Å². The Morgan fingerprint density at radius 2 is 1.79 bits per heavy atom. The first-order valence-corrected chi connectivity index (χ1v) is 11.9. The number of aryl methyl sites for hydroxylation is 2. The molecule has 9 heteroatoms. The number of ketones is 1. The second kappa shape index (κ2) is 10.1. The molecular formula is C24H20FN3O3S2. The zero-order chi connectivity index (χ0) is 23.4. The lowest BCUT2D eigenvalue weighted by atomic mass is 10.2. The first-order valence-electron chi connectivity index (χ1n) is 10.1. The van der Waals surface area contributed by atoms with Crippen LogP contribution in [0.2, 0.25) is 0 Å². The molecule has 0 bridgehead atoms. The Hall–Kier alpha value is -3.30. The van der Waals surface area contributed by atoms with Crippen LogP contribution in [0.3, 0.4) is 0 Å². The summed E-state index contributed by atoms with van der Waals surface area (Å²) in [6.45, 7) is 3.48. The molecular weight excluding hydrogens is 461 g/mol. The highest BCUT2D eigenvalue weighted by atomic mass is 32.2. The average Bonchev–Trinajstić information content (AvgIpc) is 3.39. The zero-order valence-corrected chi connectivity index (χ0v) is 19.6. The maximum atomic E-state index is 14.4. The molecule has 2 aromatic carbocycles. The summed E-state index contributed by atoms with van der Waals surface area (Å²) in [4.78, 5) is 26.6. The van der Waals surface area contributed by atoms with E-state index in [2.05, 4.69) is 10.2 Å². The van der Waals surface area contributed by atoms with Crippen molar-refractivity contribution in [1.29, 1.82) is 0 Å². The number of thioether (sulfide) groups is 1. The van der Waals surface area contributed by atoms with E-state index < -0.39 is 11.8 Å². The maximum absolute atomic E-state index is 14.4. The normalized spacial score (nSPS) is 10.9. The summed E-state index contributed by atoms with van der Waals surface area (Å²) in [5.41, 5.74) is 1.61. The number of aromatic nitrogens is 3. The van der Waals surface area contributed by atoms with Gasteiger partial charge in [0.15, 0.2) is 17.6 Å². The minimum atomic E-state index is -0.548. The number of hydrogen-bond acceptors (Lipinski definition) is 7. The molecule has 2 aromatic heterocycles. The Bertz CT molecular complexity index is 1300. The highest BCUT2D eigenvalue weighted by molar-refractivity contribution is 7.99. The van der Waals surface area contributed by atoms with Gasteiger partial charge in [-0.2, -0.15) is 0 Å². The van der Waals surface area contributed by atoms with E-state index in [1.165, 1.54) is 17.4 Å². The number of hydrogen-bond donors (Lipinski definition) is 0. The lowest BCUT2D eigenvalue weighted by molar-refractivity contribution is -0.139. The number of para-hydroxylation sites is 1. The van der Waals surface area contributed by atoms with Crippen LogP contribution >= 0.6 is 23.1 Å². The number of carbonyl (C=O) groups excluding carboxylic acids is 2. The van der Waals surface area contributed by atoms with E-state index in [0.29, 0.717) is 22.1 Å². The Labute approximate surface area is 198 Å². The molecule has 0 fully saturated rings. The van der Waals surface area contributed by atoms with Gasteiger partial charge in [-0.05, 0) is 44.2 Å². The number of carbonyl (C=O) groups is 2. The average molecular weight is 482 g/mol. The van der Waals surface area contributed by atoms with Gasteiger partial charge < -0.3 is 4.74 Å². The van der Waals surface area contributed by atoms with E-state index in [0.717, 1.165) is 27.2 Å². The minimum absolute atomic E-state index is 0.0723. The largest absolute Gasteiger partial charge is 0.457 e. The predicted octanol–water partition coefficient (Wildman–Crippen LogP) is 5.27. The van der Waals surface area contributed by atoms with Crippen LogP contribution in [0.5, 0.6) is 0 Å². The fraction of sp³-hybridized carbons (Fsp3) is 0.167. The number of thiophene rings is 1. The molecule has 33 heavy (non-hydrogen) atoms. The fourth-order valence-corrected chi connectivity index (χ4v) is 4.98. The van der Waals surface area contributed by atoms with Gasteiger partial charge in [0, 0.05) is 21.0 Å². The molecule has 4 rings (SSSR count). The highest BCUT2D eigenvalue weighted by Crippen LogP contribution is 2.29. The summed E-state index contributed by atoms with van der Waals surface area (Å²) >= 11 is 2.64. The molecule has 168 valence electrons. The standard InChI is InChI=1S/C24H20FN3O3S2/c1-15-12-19(16(2)33-15)21(29)13-31-22(30)14-32-24-27-26-23(18-10-6-7-11-20(18)25)28(24)17-8-4-3-5-9-17/h3-12H,13-14H2,1-2H3. The number of rotatable bonds is 8. The molecule has 0 spiro atoms. The van der Waals surface area contributed by atoms with Crippen molar-refractivity contribution >= 4 is 34.9 Å². The van der Waals surface area contributed by atoms with Crippen LogP contribution in [0.1, 0.15) is 20.1 Å². The third-order valence-corrected chi connectivity index (χ3v) is 6.66. The van der Waals surface area contributed by atoms with Crippen LogP contribution < -0.4 is 0 Å². The lowest BCUT2D eigenvalue weighted by Gasteiger charge is -2.10. The van der Waals surface area contributed by atoms with Crippen molar-refractivity contribution < 1.29 is 18.7 Å². The molecule has 0 saturated carbocycles. The van der Waals surface area contributed by atoms with Crippen molar-refractivity contribution in [3.8, 4) is 17.1 Å². The van der Waals surface area contributed by atoms with Gasteiger partial charge in [0.05, 0.1) is 11.3 Å². The van der Waals surface area contributed by atoms with Gasteiger partial charge in [0.25, 0.3) is 0 Å². The first-order chi connectivity index (χ1) is 15.9. The van der Waals surface area contributed by atoms with E-state index >= 15 is 0 Å². The molecule has 0 aliphatic rings. The van der Waals surface area contributed by atoms with Gasteiger partial charge >= 0.3 is 5.97 Å². The van der Waals surface area contributed by atoms with Gasteiger partial charge in [-0.25, -0.2) is 4.39 Å².